The summed E-state index contributed by atoms with van der Waals surface area (Å²) in [5.41, 5.74) is 1.93. The molecule has 1 N–H and O–H groups in total. The van der Waals surface area contributed by atoms with E-state index in [-0.39, 0.29) is 16.9 Å². The molecule has 0 saturated heterocycles. The maximum atomic E-state index is 13.0. The van der Waals surface area contributed by atoms with Crippen molar-refractivity contribution in [3.63, 3.8) is 0 Å². The van der Waals surface area contributed by atoms with Crippen molar-refractivity contribution in [1.82, 2.24) is 4.31 Å². The fourth-order valence-corrected chi connectivity index (χ4v) is 4.07. The van der Waals surface area contributed by atoms with Gasteiger partial charge in [0.2, 0.25) is 15.9 Å². The first-order valence-electron chi connectivity index (χ1n) is 8.96. The first kappa shape index (κ1) is 21.9. The molecule has 0 aromatic heterocycles. The number of nitrogens with one attached hydrogen (secondary N) is 1. The van der Waals surface area contributed by atoms with Gasteiger partial charge in [0, 0.05) is 18.8 Å². The van der Waals surface area contributed by atoms with E-state index >= 15 is 0 Å². The molecule has 0 spiro atoms. The van der Waals surface area contributed by atoms with Crippen molar-refractivity contribution in [2.45, 2.75) is 38.0 Å². The lowest BCUT2D eigenvalue weighted by molar-refractivity contribution is -0.116. The normalized spacial score (nSPS) is 12.1. The number of hydrogen-bond acceptors (Lipinski definition) is 4. The van der Waals surface area contributed by atoms with E-state index < -0.39 is 15.9 Å². The molecule has 152 valence electrons. The Morgan fingerprint density at radius 2 is 1.82 bits per heavy atom. The molecule has 0 fully saturated rings. The van der Waals surface area contributed by atoms with Crippen LogP contribution >= 0.6 is 0 Å². The summed E-state index contributed by atoms with van der Waals surface area (Å²) in [6.07, 6.45) is 0. The Balaban J connectivity index is 2.20. The standard InChI is InChI=1S/C21H28N2O4S/c1-15-10-11-16(21(2,3)4)12-19(15)28(25,26)23(5)14-20(24)22-17-8-7-9-18(13-17)27-6/h7-13H,14H2,1-6H3,(H,22,24). The number of methoxy groups -OCH3 is 1. The molecule has 28 heavy (non-hydrogen) atoms. The number of ether oxygens (including phenoxy) is 1. The highest BCUT2D eigenvalue weighted by Crippen LogP contribution is 2.28. The molecule has 0 unspecified atom stereocenters. The van der Waals surface area contributed by atoms with E-state index in [9.17, 15) is 13.2 Å². The Morgan fingerprint density at radius 3 is 2.43 bits per heavy atom. The highest BCUT2D eigenvalue weighted by Gasteiger charge is 2.26. The minimum Gasteiger partial charge on any atom is -0.497 e. The quantitative estimate of drug-likeness (QED) is 0.799. The summed E-state index contributed by atoms with van der Waals surface area (Å²) >= 11 is 0. The number of carbonyl (C=O) groups is 1. The zero-order valence-corrected chi connectivity index (χ0v) is 18.1. The van der Waals surface area contributed by atoms with Crippen molar-refractivity contribution in [3.05, 3.63) is 53.6 Å². The second-order valence-electron chi connectivity index (χ2n) is 7.77. The average Bonchev–Trinajstić information content (AvgIpc) is 2.60. The minimum absolute atomic E-state index is 0.180. The summed E-state index contributed by atoms with van der Waals surface area (Å²) in [4.78, 5) is 12.6. The summed E-state index contributed by atoms with van der Waals surface area (Å²) in [5.74, 6) is 0.178. The Bertz CT molecular complexity index is 963. The minimum atomic E-state index is -3.80. The first-order chi connectivity index (χ1) is 12.9. The molecule has 1 amide bonds. The van der Waals surface area contributed by atoms with Gasteiger partial charge in [0.25, 0.3) is 0 Å². The molecule has 2 aromatic rings. The van der Waals surface area contributed by atoms with Gasteiger partial charge < -0.3 is 10.1 Å². The van der Waals surface area contributed by atoms with Gasteiger partial charge in [-0.25, -0.2) is 8.42 Å². The van der Waals surface area contributed by atoms with E-state index in [2.05, 4.69) is 5.32 Å². The number of hydrogen-bond donors (Lipinski definition) is 1. The third-order valence-corrected chi connectivity index (χ3v) is 6.41. The van der Waals surface area contributed by atoms with Crippen molar-refractivity contribution >= 4 is 21.6 Å². The van der Waals surface area contributed by atoms with Crippen molar-refractivity contribution in [1.29, 1.82) is 0 Å². The molecule has 0 aliphatic rings. The van der Waals surface area contributed by atoms with Crippen LogP contribution in [0.25, 0.3) is 0 Å². The second-order valence-corrected chi connectivity index (χ2v) is 9.78. The average molecular weight is 405 g/mol. The molecular weight excluding hydrogens is 376 g/mol. The van der Waals surface area contributed by atoms with Crippen LogP contribution in [-0.4, -0.2) is 39.3 Å². The Hall–Kier alpha value is -2.38. The summed E-state index contributed by atoms with van der Waals surface area (Å²) in [7, 11) is -0.861. The fraction of sp³-hybridized carbons (Fsp3) is 0.381. The predicted molar refractivity (Wildman–Crippen MR) is 111 cm³/mol. The van der Waals surface area contributed by atoms with Crippen molar-refractivity contribution in [2.75, 3.05) is 26.0 Å². The Kier molecular flexibility index (Phi) is 6.52. The number of nitrogens with zero attached hydrogens (tertiary/aromatic N) is 1. The third kappa shape index (κ3) is 5.11. The number of sulfonamides is 1. The maximum Gasteiger partial charge on any atom is 0.243 e. The second kappa shape index (κ2) is 8.32. The van der Waals surface area contributed by atoms with Gasteiger partial charge >= 0.3 is 0 Å². The van der Waals surface area contributed by atoms with Crippen LogP contribution in [0.1, 0.15) is 31.9 Å². The van der Waals surface area contributed by atoms with Crippen LogP contribution in [0.3, 0.4) is 0 Å². The molecule has 0 aliphatic carbocycles. The van der Waals surface area contributed by atoms with Crippen molar-refractivity contribution < 1.29 is 17.9 Å². The zero-order valence-electron chi connectivity index (χ0n) is 17.2. The van der Waals surface area contributed by atoms with E-state index in [1.807, 2.05) is 26.8 Å². The summed E-state index contributed by atoms with van der Waals surface area (Å²) in [6, 6.07) is 12.3. The Labute approximate surface area is 167 Å². The molecule has 0 bridgehead atoms. The monoisotopic (exact) mass is 404 g/mol. The molecule has 7 heteroatoms. The van der Waals surface area contributed by atoms with E-state index in [1.54, 1.807) is 43.3 Å². The third-order valence-electron chi connectivity index (χ3n) is 4.46. The van der Waals surface area contributed by atoms with Crippen LogP contribution < -0.4 is 10.1 Å². The summed E-state index contributed by atoms with van der Waals surface area (Å²) in [6.45, 7) is 7.54. The number of rotatable bonds is 6. The SMILES string of the molecule is COc1cccc(NC(=O)CN(C)S(=O)(=O)c2cc(C(C)(C)C)ccc2C)c1. The summed E-state index contributed by atoms with van der Waals surface area (Å²) in [5, 5.41) is 2.70. The van der Waals surface area contributed by atoms with Gasteiger partial charge in [-0.2, -0.15) is 4.31 Å². The number of carbonyl (C=O) groups excluding carboxylic acids is 1. The van der Waals surface area contributed by atoms with Gasteiger partial charge in [-0.3, -0.25) is 4.79 Å². The Morgan fingerprint density at radius 1 is 1.14 bits per heavy atom. The van der Waals surface area contributed by atoms with Crippen LogP contribution in [-0.2, 0) is 20.2 Å². The zero-order chi connectivity index (χ0) is 21.1. The number of benzene rings is 2. The van der Waals surface area contributed by atoms with Crippen LogP contribution in [0.5, 0.6) is 5.75 Å². The smallest absolute Gasteiger partial charge is 0.243 e. The highest BCUT2D eigenvalue weighted by atomic mass is 32.2. The van der Waals surface area contributed by atoms with Crippen LogP contribution in [0.2, 0.25) is 0 Å². The largest absolute Gasteiger partial charge is 0.497 e. The van der Waals surface area contributed by atoms with Gasteiger partial charge in [-0.15, -0.1) is 0 Å². The van der Waals surface area contributed by atoms with E-state index in [4.69, 9.17) is 4.74 Å². The van der Waals surface area contributed by atoms with Gasteiger partial charge in [-0.1, -0.05) is 39.0 Å². The number of amides is 1. The molecule has 2 aromatic carbocycles. The molecule has 0 heterocycles. The van der Waals surface area contributed by atoms with Gasteiger partial charge in [-0.05, 0) is 41.7 Å². The lowest BCUT2D eigenvalue weighted by atomic mass is 9.87. The van der Waals surface area contributed by atoms with Gasteiger partial charge in [0.15, 0.2) is 0 Å². The van der Waals surface area contributed by atoms with Crippen molar-refractivity contribution in [3.8, 4) is 5.75 Å². The molecule has 6 nitrogen and oxygen atoms in total. The molecule has 2 rings (SSSR count). The van der Waals surface area contributed by atoms with Crippen LogP contribution in [0.15, 0.2) is 47.4 Å². The number of anilines is 1. The molecule has 0 saturated carbocycles. The topological polar surface area (TPSA) is 75.7 Å². The van der Waals surface area contributed by atoms with E-state index in [1.165, 1.54) is 14.2 Å². The molecular formula is C21H28N2O4S. The van der Waals surface area contributed by atoms with Crippen molar-refractivity contribution in [2.24, 2.45) is 0 Å². The van der Waals surface area contributed by atoms with Gasteiger partial charge in [0.05, 0.1) is 18.6 Å². The van der Waals surface area contributed by atoms with Crippen LogP contribution in [0.4, 0.5) is 5.69 Å². The lowest BCUT2D eigenvalue weighted by Gasteiger charge is -2.23. The molecule has 0 atom stereocenters. The molecule has 0 radical (unpaired) electrons. The molecule has 0 aliphatic heterocycles. The van der Waals surface area contributed by atoms with E-state index in [0.717, 1.165) is 9.87 Å². The predicted octanol–water partition coefficient (Wildman–Crippen LogP) is 3.56. The number of likely N-dealkylation sites (N-methyl/N-ethyl adjacent to an activating group) is 1. The van der Waals surface area contributed by atoms with E-state index in [0.29, 0.717) is 17.0 Å². The number of aryl methyl sites for hydroxylation is 1. The summed E-state index contributed by atoms with van der Waals surface area (Å²) < 4.78 is 32.3. The van der Waals surface area contributed by atoms with Gasteiger partial charge in [0.1, 0.15) is 5.75 Å². The highest BCUT2D eigenvalue weighted by molar-refractivity contribution is 7.89. The fourth-order valence-electron chi connectivity index (χ4n) is 2.70. The first-order valence-corrected chi connectivity index (χ1v) is 10.4. The lowest BCUT2D eigenvalue weighted by Crippen LogP contribution is -2.35. The van der Waals surface area contributed by atoms with Crippen LogP contribution in [0, 0.1) is 6.92 Å². The maximum absolute atomic E-state index is 13.0.